The SMILES string of the molecule is CON(C)C(=O)C1(F)CCC1C. The van der Waals surface area contributed by atoms with Gasteiger partial charge >= 0.3 is 0 Å². The number of hydroxylamine groups is 2. The minimum Gasteiger partial charge on any atom is -0.274 e. The lowest BCUT2D eigenvalue weighted by atomic mass is 9.71. The third kappa shape index (κ3) is 1.20. The number of hydrogen-bond acceptors (Lipinski definition) is 2. The van der Waals surface area contributed by atoms with Crippen molar-refractivity contribution in [2.45, 2.75) is 25.4 Å². The predicted octanol–water partition coefficient (Wildman–Crippen LogP) is 1.14. The number of amides is 1. The smallest absolute Gasteiger partial charge is 0.274 e. The van der Waals surface area contributed by atoms with Crippen LogP contribution in [-0.2, 0) is 9.63 Å². The predicted molar refractivity (Wildman–Crippen MR) is 42.0 cm³/mol. The molecule has 3 nitrogen and oxygen atoms in total. The Morgan fingerprint density at radius 3 is 2.58 bits per heavy atom. The number of carbonyl (C=O) groups is 1. The van der Waals surface area contributed by atoms with Crippen LogP contribution in [0.4, 0.5) is 4.39 Å². The summed E-state index contributed by atoms with van der Waals surface area (Å²) in [4.78, 5) is 15.9. The second-order valence-corrected chi connectivity index (χ2v) is 3.29. The first kappa shape index (κ1) is 9.45. The molecule has 1 rings (SSSR count). The summed E-state index contributed by atoms with van der Waals surface area (Å²) in [5.74, 6) is -0.744. The van der Waals surface area contributed by atoms with Gasteiger partial charge in [0.05, 0.1) is 7.11 Å². The molecule has 0 N–H and O–H groups in total. The summed E-state index contributed by atoms with van der Waals surface area (Å²) in [6.45, 7) is 1.74. The normalized spacial score (nSPS) is 34.2. The molecule has 0 spiro atoms. The zero-order chi connectivity index (χ0) is 9.35. The second-order valence-electron chi connectivity index (χ2n) is 3.29. The average Bonchev–Trinajstić information content (AvgIpc) is 2.11. The summed E-state index contributed by atoms with van der Waals surface area (Å²) >= 11 is 0. The molecule has 70 valence electrons. The van der Waals surface area contributed by atoms with Crippen molar-refractivity contribution >= 4 is 5.91 Å². The van der Waals surface area contributed by atoms with Gasteiger partial charge in [0.15, 0.2) is 5.67 Å². The van der Waals surface area contributed by atoms with Crippen LogP contribution in [0.25, 0.3) is 0 Å². The quantitative estimate of drug-likeness (QED) is 0.589. The largest absolute Gasteiger partial charge is 0.283 e. The summed E-state index contributed by atoms with van der Waals surface area (Å²) in [6, 6.07) is 0. The van der Waals surface area contributed by atoms with Crippen LogP contribution in [0.15, 0.2) is 0 Å². The van der Waals surface area contributed by atoms with Gasteiger partial charge in [0.25, 0.3) is 5.91 Å². The molecule has 0 saturated heterocycles. The van der Waals surface area contributed by atoms with Crippen molar-refractivity contribution < 1.29 is 14.0 Å². The van der Waals surface area contributed by atoms with E-state index in [1.807, 2.05) is 0 Å². The Kier molecular flexibility index (Phi) is 2.37. The molecule has 2 atom stereocenters. The maximum absolute atomic E-state index is 13.7. The first-order chi connectivity index (χ1) is 5.52. The molecule has 1 amide bonds. The first-order valence-corrected chi connectivity index (χ1v) is 4.03. The Hall–Kier alpha value is -0.640. The second kappa shape index (κ2) is 3.01. The Balaban J connectivity index is 2.63. The van der Waals surface area contributed by atoms with E-state index in [0.717, 1.165) is 11.5 Å². The van der Waals surface area contributed by atoms with Crippen LogP contribution in [0, 0.1) is 5.92 Å². The third-order valence-electron chi connectivity index (χ3n) is 2.64. The van der Waals surface area contributed by atoms with Crippen LogP contribution in [0.3, 0.4) is 0 Å². The molecule has 0 aromatic carbocycles. The summed E-state index contributed by atoms with van der Waals surface area (Å²) < 4.78 is 13.7. The number of alkyl halides is 1. The molecule has 1 aliphatic carbocycles. The molecule has 12 heavy (non-hydrogen) atoms. The van der Waals surface area contributed by atoms with E-state index in [-0.39, 0.29) is 5.92 Å². The maximum atomic E-state index is 13.7. The molecule has 0 aromatic heterocycles. The van der Waals surface area contributed by atoms with E-state index in [1.165, 1.54) is 14.2 Å². The van der Waals surface area contributed by atoms with Crippen LogP contribution in [0.1, 0.15) is 19.8 Å². The third-order valence-corrected chi connectivity index (χ3v) is 2.64. The van der Waals surface area contributed by atoms with Gasteiger partial charge in [-0.3, -0.25) is 9.63 Å². The van der Waals surface area contributed by atoms with Gasteiger partial charge in [-0.2, -0.15) is 0 Å². The Bertz CT molecular complexity index is 197. The standard InChI is InChI=1S/C8H14FNO2/c1-6-4-5-8(6,9)7(11)10(2)12-3/h6H,4-5H2,1-3H3. The molecule has 0 bridgehead atoms. The highest BCUT2D eigenvalue weighted by molar-refractivity contribution is 5.85. The number of hydrogen-bond donors (Lipinski definition) is 0. The lowest BCUT2D eigenvalue weighted by Crippen LogP contribution is -2.54. The van der Waals surface area contributed by atoms with Gasteiger partial charge in [-0.1, -0.05) is 6.92 Å². The van der Waals surface area contributed by atoms with Crippen LogP contribution in [0.2, 0.25) is 0 Å². The molecular weight excluding hydrogens is 161 g/mol. The van der Waals surface area contributed by atoms with Crippen LogP contribution < -0.4 is 0 Å². The highest BCUT2D eigenvalue weighted by Gasteiger charge is 2.52. The number of nitrogens with zero attached hydrogens (tertiary/aromatic N) is 1. The molecule has 0 radical (unpaired) electrons. The van der Waals surface area contributed by atoms with Crippen molar-refractivity contribution in [3.63, 3.8) is 0 Å². The molecule has 2 unspecified atom stereocenters. The van der Waals surface area contributed by atoms with Crippen molar-refractivity contribution in [1.29, 1.82) is 0 Å². The fraction of sp³-hybridized carbons (Fsp3) is 0.875. The minimum atomic E-state index is -1.68. The van der Waals surface area contributed by atoms with Gasteiger partial charge in [0, 0.05) is 7.05 Å². The summed E-state index contributed by atoms with van der Waals surface area (Å²) in [6.07, 6.45) is 1.10. The van der Waals surface area contributed by atoms with Crippen LogP contribution in [0.5, 0.6) is 0 Å². The molecule has 1 aliphatic rings. The number of carbonyl (C=O) groups excluding carboxylic acids is 1. The summed E-state index contributed by atoms with van der Waals surface area (Å²) in [5.41, 5.74) is -1.68. The molecule has 1 fully saturated rings. The molecule has 0 aromatic rings. The fourth-order valence-corrected chi connectivity index (χ4v) is 1.35. The molecule has 4 heteroatoms. The first-order valence-electron chi connectivity index (χ1n) is 4.03. The highest BCUT2D eigenvalue weighted by atomic mass is 19.1. The lowest BCUT2D eigenvalue weighted by Gasteiger charge is -2.40. The Morgan fingerprint density at radius 1 is 1.75 bits per heavy atom. The Morgan fingerprint density at radius 2 is 2.33 bits per heavy atom. The Labute approximate surface area is 71.4 Å². The summed E-state index contributed by atoms with van der Waals surface area (Å²) in [5, 5.41) is 0.954. The van der Waals surface area contributed by atoms with Crippen molar-refractivity contribution in [3.8, 4) is 0 Å². The van der Waals surface area contributed by atoms with E-state index >= 15 is 0 Å². The monoisotopic (exact) mass is 175 g/mol. The van der Waals surface area contributed by atoms with Crippen molar-refractivity contribution in [3.05, 3.63) is 0 Å². The maximum Gasteiger partial charge on any atom is 0.283 e. The topological polar surface area (TPSA) is 29.5 Å². The number of halogens is 1. The number of rotatable bonds is 2. The van der Waals surface area contributed by atoms with E-state index < -0.39 is 11.6 Å². The minimum absolute atomic E-state index is 0.178. The van der Waals surface area contributed by atoms with Gasteiger partial charge in [-0.15, -0.1) is 0 Å². The highest BCUT2D eigenvalue weighted by Crippen LogP contribution is 2.42. The molecule has 1 saturated carbocycles. The summed E-state index contributed by atoms with van der Waals surface area (Å²) in [7, 11) is 2.78. The zero-order valence-corrected chi connectivity index (χ0v) is 7.63. The van der Waals surface area contributed by atoms with Crippen molar-refractivity contribution in [1.82, 2.24) is 5.06 Å². The lowest BCUT2D eigenvalue weighted by molar-refractivity contribution is -0.192. The van der Waals surface area contributed by atoms with E-state index in [9.17, 15) is 9.18 Å². The molecule has 0 heterocycles. The van der Waals surface area contributed by atoms with E-state index in [4.69, 9.17) is 0 Å². The van der Waals surface area contributed by atoms with Gasteiger partial charge < -0.3 is 0 Å². The average molecular weight is 175 g/mol. The van der Waals surface area contributed by atoms with Crippen molar-refractivity contribution in [2.75, 3.05) is 14.2 Å². The van der Waals surface area contributed by atoms with Gasteiger partial charge in [-0.25, -0.2) is 9.45 Å². The van der Waals surface area contributed by atoms with Crippen LogP contribution in [-0.4, -0.2) is 30.8 Å². The molecule has 0 aliphatic heterocycles. The van der Waals surface area contributed by atoms with Gasteiger partial charge in [0.1, 0.15) is 0 Å². The van der Waals surface area contributed by atoms with E-state index in [0.29, 0.717) is 6.42 Å². The van der Waals surface area contributed by atoms with Gasteiger partial charge in [-0.05, 0) is 18.8 Å². The van der Waals surface area contributed by atoms with E-state index in [2.05, 4.69) is 4.84 Å². The zero-order valence-electron chi connectivity index (χ0n) is 7.63. The molecular formula is C8H14FNO2. The van der Waals surface area contributed by atoms with Gasteiger partial charge in [0.2, 0.25) is 0 Å². The van der Waals surface area contributed by atoms with Crippen LogP contribution >= 0.6 is 0 Å². The van der Waals surface area contributed by atoms with Crippen molar-refractivity contribution in [2.24, 2.45) is 5.92 Å². The fourth-order valence-electron chi connectivity index (χ4n) is 1.35. The van der Waals surface area contributed by atoms with E-state index in [1.54, 1.807) is 6.92 Å².